The maximum absolute atomic E-state index is 12.9. The van der Waals surface area contributed by atoms with Gasteiger partial charge in [-0.15, -0.1) is 0 Å². The molecule has 0 saturated carbocycles. The van der Waals surface area contributed by atoms with Crippen LogP contribution in [0.2, 0.25) is 0 Å². The van der Waals surface area contributed by atoms with Crippen LogP contribution in [0.15, 0.2) is 18.2 Å². The Kier molecular flexibility index (Phi) is 3.39. The molecule has 1 rings (SSSR count). The van der Waals surface area contributed by atoms with Gasteiger partial charge < -0.3 is 0 Å². The van der Waals surface area contributed by atoms with Gasteiger partial charge in [-0.3, -0.25) is 4.79 Å². The van der Waals surface area contributed by atoms with Gasteiger partial charge in [0.05, 0.1) is 0 Å². The van der Waals surface area contributed by atoms with Gasteiger partial charge in [-0.05, 0) is 30.5 Å². The maximum Gasteiger partial charge on any atom is 0.163 e. The summed E-state index contributed by atoms with van der Waals surface area (Å²) in [6, 6.07) is 4.34. The van der Waals surface area contributed by atoms with Crippen LogP contribution in [0.3, 0.4) is 0 Å². The quantitative estimate of drug-likeness (QED) is 0.674. The SMILES string of the molecule is Cc1ccc(F)cc1C(=O)CC(C)C. The third-order valence-corrected chi connectivity index (χ3v) is 2.09. The van der Waals surface area contributed by atoms with Crippen LogP contribution < -0.4 is 0 Å². The normalized spacial score (nSPS) is 10.6. The second-order valence-electron chi connectivity index (χ2n) is 3.98. The highest BCUT2D eigenvalue weighted by Crippen LogP contribution is 2.15. The van der Waals surface area contributed by atoms with Crippen LogP contribution in [-0.4, -0.2) is 5.78 Å². The second-order valence-corrected chi connectivity index (χ2v) is 3.98. The molecule has 0 spiro atoms. The van der Waals surface area contributed by atoms with Gasteiger partial charge in [0.25, 0.3) is 0 Å². The molecule has 0 fully saturated rings. The molecule has 0 bridgehead atoms. The van der Waals surface area contributed by atoms with Gasteiger partial charge in [0, 0.05) is 12.0 Å². The Bertz CT molecular complexity index is 342. The summed E-state index contributed by atoms with van der Waals surface area (Å²) in [6.45, 7) is 5.78. The molecule has 1 nitrogen and oxygen atoms in total. The fraction of sp³-hybridized carbons (Fsp3) is 0.417. The smallest absolute Gasteiger partial charge is 0.163 e. The van der Waals surface area contributed by atoms with Crippen LogP contribution in [0.1, 0.15) is 36.2 Å². The molecule has 0 atom stereocenters. The highest BCUT2D eigenvalue weighted by molar-refractivity contribution is 5.97. The van der Waals surface area contributed by atoms with E-state index < -0.39 is 0 Å². The Labute approximate surface area is 83.9 Å². The molecule has 0 amide bonds. The molecular formula is C12H15FO. The second kappa shape index (κ2) is 4.36. The summed E-state index contributed by atoms with van der Waals surface area (Å²) >= 11 is 0. The van der Waals surface area contributed by atoms with E-state index in [0.29, 0.717) is 17.9 Å². The van der Waals surface area contributed by atoms with Gasteiger partial charge in [0.1, 0.15) is 5.82 Å². The summed E-state index contributed by atoms with van der Waals surface area (Å²) in [5, 5.41) is 0. The molecule has 0 aliphatic carbocycles. The third kappa shape index (κ3) is 2.66. The Morgan fingerprint density at radius 3 is 2.64 bits per heavy atom. The van der Waals surface area contributed by atoms with Crippen molar-refractivity contribution in [2.45, 2.75) is 27.2 Å². The predicted octanol–water partition coefficient (Wildman–Crippen LogP) is 3.36. The van der Waals surface area contributed by atoms with Crippen LogP contribution in [0.5, 0.6) is 0 Å². The zero-order valence-electron chi connectivity index (χ0n) is 8.80. The highest BCUT2D eigenvalue weighted by atomic mass is 19.1. The summed E-state index contributed by atoms with van der Waals surface area (Å²) in [6.07, 6.45) is 0.476. The zero-order chi connectivity index (χ0) is 10.7. The summed E-state index contributed by atoms with van der Waals surface area (Å²) < 4.78 is 12.9. The summed E-state index contributed by atoms with van der Waals surface area (Å²) in [7, 11) is 0. The van der Waals surface area contributed by atoms with E-state index in [2.05, 4.69) is 0 Å². The number of benzene rings is 1. The standard InChI is InChI=1S/C12H15FO/c1-8(2)6-12(14)11-7-10(13)5-4-9(11)3/h4-5,7-8H,6H2,1-3H3. The Morgan fingerprint density at radius 2 is 2.07 bits per heavy atom. The first kappa shape index (κ1) is 10.9. The average Bonchev–Trinajstić information content (AvgIpc) is 2.08. The molecule has 76 valence electrons. The molecular weight excluding hydrogens is 179 g/mol. The fourth-order valence-electron chi connectivity index (χ4n) is 1.38. The van der Waals surface area contributed by atoms with Crippen molar-refractivity contribution in [2.24, 2.45) is 5.92 Å². The molecule has 2 heteroatoms. The first-order chi connectivity index (χ1) is 6.50. The number of Topliss-reactive ketones (excluding diaryl/α,β-unsaturated/α-hetero) is 1. The molecule has 0 heterocycles. The molecule has 0 N–H and O–H groups in total. The molecule has 1 aromatic carbocycles. The van der Waals surface area contributed by atoms with E-state index in [0.717, 1.165) is 5.56 Å². The minimum Gasteiger partial charge on any atom is -0.294 e. The summed E-state index contributed by atoms with van der Waals surface area (Å²) in [5.41, 5.74) is 1.36. The number of hydrogen-bond donors (Lipinski definition) is 0. The van der Waals surface area contributed by atoms with Crippen molar-refractivity contribution >= 4 is 5.78 Å². The van der Waals surface area contributed by atoms with Crippen LogP contribution in [0.4, 0.5) is 4.39 Å². The molecule has 0 aliphatic rings. The maximum atomic E-state index is 12.9. The molecule has 0 saturated heterocycles. The lowest BCUT2D eigenvalue weighted by molar-refractivity contribution is 0.0967. The largest absolute Gasteiger partial charge is 0.294 e. The molecule has 0 unspecified atom stereocenters. The third-order valence-electron chi connectivity index (χ3n) is 2.09. The highest BCUT2D eigenvalue weighted by Gasteiger charge is 2.11. The number of carbonyl (C=O) groups excluding carboxylic acids is 1. The van der Waals surface area contributed by atoms with E-state index in [1.54, 1.807) is 6.07 Å². The Hall–Kier alpha value is -1.18. The van der Waals surface area contributed by atoms with E-state index >= 15 is 0 Å². The first-order valence-electron chi connectivity index (χ1n) is 4.80. The van der Waals surface area contributed by atoms with Gasteiger partial charge in [0.15, 0.2) is 5.78 Å². The minimum absolute atomic E-state index is 0.0250. The van der Waals surface area contributed by atoms with Crippen LogP contribution in [0, 0.1) is 18.7 Å². The predicted molar refractivity (Wildman–Crippen MR) is 54.9 cm³/mol. The van der Waals surface area contributed by atoms with Crippen LogP contribution in [0.25, 0.3) is 0 Å². The van der Waals surface area contributed by atoms with E-state index in [-0.39, 0.29) is 11.6 Å². The fourth-order valence-corrected chi connectivity index (χ4v) is 1.38. The van der Waals surface area contributed by atoms with Crippen molar-refractivity contribution in [2.75, 3.05) is 0 Å². The van der Waals surface area contributed by atoms with Crippen molar-refractivity contribution in [1.82, 2.24) is 0 Å². The van der Waals surface area contributed by atoms with Crippen molar-refractivity contribution in [1.29, 1.82) is 0 Å². The van der Waals surface area contributed by atoms with Gasteiger partial charge in [-0.1, -0.05) is 19.9 Å². The van der Waals surface area contributed by atoms with Gasteiger partial charge in [-0.25, -0.2) is 4.39 Å². The van der Waals surface area contributed by atoms with Gasteiger partial charge >= 0.3 is 0 Å². The first-order valence-corrected chi connectivity index (χ1v) is 4.80. The Morgan fingerprint density at radius 1 is 1.43 bits per heavy atom. The van der Waals surface area contributed by atoms with Gasteiger partial charge in [-0.2, -0.15) is 0 Å². The molecule has 1 aromatic rings. The lowest BCUT2D eigenvalue weighted by Crippen LogP contribution is -2.05. The monoisotopic (exact) mass is 194 g/mol. The number of aryl methyl sites for hydroxylation is 1. The van der Waals surface area contributed by atoms with Crippen LogP contribution in [-0.2, 0) is 0 Å². The number of halogens is 1. The number of hydrogen-bond acceptors (Lipinski definition) is 1. The molecule has 0 aliphatic heterocycles. The van der Waals surface area contributed by atoms with E-state index in [4.69, 9.17) is 0 Å². The van der Waals surface area contributed by atoms with Crippen molar-refractivity contribution < 1.29 is 9.18 Å². The van der Waals surface area contributed by atoms with Crippen molar-refractivity contribution in [3.63, 3.8) is 0 Å². The average molecular weight is 194 g/mol. The van der Waals surface area contributed by atoms with Crippen molar-refractivity contribution in [3.05, 3.63) is 35.1 Å². The van der Waals surface area contributed by atoms with E-state index in [1.807, 2.05) is 20.8 Å². The summed E-state index contributed by atoms with van der Waals surface area (Å²) in [4.78, 5) is 11.7. The summed E-state index contributed by atoms with van der Waals surface area (Å²) in [5.74, 6) is -0.00938. The molecule has 0 aromatic heterocycles. The topological polar surface area (TPSA) is 17.1 Å². The lowest BCUT2D eigenvalue weighted by Gasteiger charge is -2.06. The van der Waals surface area contributed by atoms with E-state index in [1.165, 1.54) is 12.1 Å². The lowest BCUT2D eigenvalue weighted by atomic mass is 9.98. The molecule has 0 radical (unpaired) electrons. The number of ketones is 1. The van der Waals surface area contributed by atoms with Crippen molar-refractivity contribution in [3.8, 4) is 0 Å². The van der Waals surface area contributed by atoms with E-state index in [9.17, 15) is 9.18 Å². The minimum atomic E-state index is -0.345. The van der Waals surface area contributed by atoms with Crippen LogP contribution >= 0.6 is 0 Å². The molecule has 14 heavy (non-hydrogen) atoms. The number of carbonyl (C=O) groups is 1. The Balaban J connectivity index is 2.94. The van der Waals surface area contributed by atoms with Gasteiger partial charge in [0.2, 0.25) is 0 Å². The zero-order valence-corrected chi connectivity index (χ0v) is 8.80. The number of rotatable bonds is 3.